The standard InChI is InChI=1S/C20H28N4O/c25-19(12-11-16-7-2-1-3-8-16)23-13-6-9-17(15-23)20-22-21-18-10-4-5-14-24(18)20/h4-5,10,14,16-17H,1-3,6-9,11-13,15H2/t17-/m0/s1. The highest BCUT2D eigenvalue weighted by Crippen LogP contribution is 2.29. The van der Waals surface area contributed by atoms with Gasteiger partial charge in [0.25, 0.3) is 0 Å². The van der Waals surface area contributed by atoms with Gasteiger partial charge in [0, 0.05) is 31.6 Å². The quantitative estimate of drug-likeness (QED) is 0.851. The van der Waals surface area contributed by atoms with E-state index in [9.17, 15) is 4.79 Å². The van der Waals surface area contributed by atoms with E-state index >= 15 is 0 Å². The van der Waals surface area contributed by atoms with Crippen molar-refractivity contribution in [3.05, 3.63) is 30.2 Å². The average Bonchev–Trinajstić information content (AvgIpc) is 3.11. The molecule has 0 unspecified atom stereocenters. The van der Waals surface area contributed by atoms with Crippen LogP contribution in [0.25, 0.3) is 5.65 Å². The zero-order chi connectivity index (χ0) is 17.1. The summed E-state index contributed by atoms with van der Waals surface area (Å²) in [5, 5.41) is 8.68. The van der Waals surface area contributed by atoms with Gasteiger partial charge in [-0.3, -0.25) is 9.20 Å². The molecule has 0 N–H and O–H groups in total. The summed E-state index contributed by atoms with van der Waals surface area (Å²) in [7, 11) is 0. The monoisotopic (exact) mass is 340 g/mol. The van der Waals surface area contributed by atoms with Crippen molar-refractivity contribution in [1.82, 2.24) is 19.5 Å². The number of rotatable bonds is 4. The van der Waals surface area contributed by atoms with E-state index in [2.05, 4.69) is 19.5 Å². The predicted molar refractivity (Wildman–Crippen MR) is 97.4 cm³/mol. The lowest BCUT2D eigenvalue weighted by molar-refractivity contribution is -0.132. The van der Waals surface area contributed by atoms with Gasteiger partial charge in [-0.25, -0.2) is 0 Å². The second-order valence-electron chi connectivity index (χ2n) is 7.71. The number of hydrogen-bond donors (Lipinski definition) is 0. The number of hydrogen-bond acceptors (Lipinski definition) is 3. The number of pyridine rings is 1. The Kier molecular flexibility index (Phi) is 4.99. The largest absolute Gasteiger partial charge is 0.342 e. The first-order chi connectivity index (χ1) is 12.3. The summed E-state index contributed by atoms with van der Waals surface area (Å²) >= 11 is 0. The molecule has 3 heterocycles. The molecule has 0 radical (unpaired) electrons. The Morgan fingerprint density at radius 1 is 1.08 bits per heavy atom. The molecule has 1 saturated heterocycles. The molecule has 1 atom stereocenters. The Balaban J connectivity index is 1.38. The molecule has 2 fully saturated rings. The number of fused-ring (bicyclic) bond motifs is 1. The molecule has 5 nitrogen and oxygen atoms in total. The lowest BCUT2D eigenvalue weighted by Crippen LogP contribution is -2.39. The summed E-state index contributed by atoms with van der Waals surface area (Å²) < 4.78 is 2.07. The van der Waals surface area contributed by atoms with E-state index in [1.54, 1.807) is 0 Å². The highest BCUT2D eigenvalue weighted by Gasteiger charge is 2.28. The van der Waals surface area contributed by atoms with Crippen molar-refractivity contribution in [2.75, 3.05) is 13.1 Å². The van der Waals surface area contributed by atoms with Gasteiger partial charge in [-0.2, -0.15) is 0 Å². The van der Waals surface area contributed by atoms with Crippen molar-refractivity contribution < 1.29 is 4.79 Å². The fourth-order valence-corrected chi connectivity index (χ4v) is 4.51. The Bertz CT molecular complexity index is 719. The number of aromatic nitrogens is 3. The van der Waals surface area contributed by atoms with Crippen molar-refractivity contribution in [1.29, 1.82) is 0 Å². The normalized spacial score (nSPS) is 22.4. The number of piperidine rings is 1. The van der Waals surface area contributed by atoms with Gasteiger partial charge in [-0.05, 0) is 37.3 Å². The zero-order valence-corrected chi connectivity index (χ0v) is 14.9. The zero-order valence-electron chi connectivity index (χ0n) is 14.9. The van der Waals surface area contributed by atoms with Crippen LogP contribution in [0.5, 0.6) is 0 Å². The van der Waals surface area contributed by atoms with Crippen molar-refractivity contribution in [3.63, 3.8) is 0 Å². The minimum Gasteiger partial charge on any atom is -0.342 e. The summed E-state index contributed by atoms with van der Waals surface area (Å²) in [6.07, 6.45) is 12.7. The molecule has 2 aromatic heterocycles. The van der Waals surface area contributed by atoms with Crippen LogP contribution in [0.2, 0.25) is 0 Å². The topological polar surface area (TPSA) is 50.5 Å². The molecular weight excluding hydrogens is 312 g/mol. The minimum absolute atomic E-state index is 0.296. The predicted octanol–water partition coefficient (Wildman–Crippen LogP) is 3.80. The van der Waals surface area contributed by atoms with Crippen molar-refractivity contribution in [2.24, 2.45) is 5.92 Å². The smallest absolute Gasteiger partial charge is 0.222 e. The van der Waals surface area contributed by atoms with E-state index in [1.165, 1.54) is 32.1 Å². The van der Waals surface area contributed by atoms with Crippen LogP contribution < -0.4 is 0 Å². The Morgan fingerprint density at radius 2 is 1.96 bits per heavy atom. The molecule has 1 aliphatic carbocycles. The summed E-state index contributed by atoms with van der Waals surface area (Å²) in [6.45, 7) is 1.69. The number of likely N-dealkylation sites (tertiary alicyclic amines) is 1. The maximum Gasteiger partial charge on any atom is 0.222 e. The van der Waals surface area contributed by atoms with Crippen LogP contribution >= 0.6 is 0 Å². The summed E-state index contributed by atoms with van der Waals surface area (Å²) in [5.41, 5.74) is 0.887. The van der Waals surface area contributed by atoms with Crippen LogP contribution in [0, 0.1) is 5.92 Å². The van der Waals surface area contributed by atoms with E-state index in [4.69, 9.17) is 0 Å². The molecule has 0 spiro atoms. The fraction of sp³-hybridized carbons (Fsp3) is 0.650. The average molecular weight is 340 g/mol. The van der Waals surface area contributed by atoms with Crippen molar-refractivity contribution >= 4 is 11.6 Å². The molecule has 1 aliphatic heterocycles. The van der Waals surface area contributed by atoms with Gasteiger partial charge in [0.1, 0.15) is 5.82 Å². The highest BCUT2D eigenvalue weighted by atomic mass is 16.2. The molecular formula is C20H28N4O. The van der Waals surface area contributed by atoms with E-state index in [1.807, 2.05) is 24.4 Å². The Hall–Kier alpha value is -1.91. The second kappa shape index (κ2) is 7.54. The van der Waals surface area contributed by atoms with Crippen LogP contribution in [-0.2, 0) is 4.79 Å². The maximum absolute atomic E-state index is 12.7. The number of nitrogens with zero attached hydrogens (tertiary/aromatic N) is 4. The minimum atomic E-state index is 0.296. The van der Waals surface area contributed by atoms with Crippen LogP contribution in [0.1, 0.15) is 69.5 Å². The SMILES string of the molecule is O=C(CCC1CCCCC1)N1CCC[C@H](c2nnc3ccccn23)C1. The van der Waals surface area contributed by atoms with Crippen LogP contribution in [-0.4, -0.2) is 38.5 Å². The van der Waals surface area contributed by atoms with Gasteiger partial charge in [0.2, 0.25) is 5.91 Å². The molecule has 0 bridgehead atoms. The first-order valence-electron chi connectivity index (χ1n) is 9.88. The second-order valence-corrected chi connectivity index (χ2v) is 7.71. The number of carbonyl (C=O) groups excluding carboxylic acids is 1. The third-order valence-corrected chi connectivity index (χ3v) is 5.97. The molecule has 1 amide bonds. The molecule has 134 valence electrons. The molecule has 4 rings (SSSR count). The first kappa shape index (κ1) is 16.6. The molecule has 0 aromatic carbocycles. The summed E-state index contributed by atoms with van der Waals surface area (Å²) in [6, 6.07) is 5.97. The van der Waals surface area contributed by atoms with Crippen molar-refractivity contribution in [3.8, 4) is 0 Å². The van der Waals surface area contributed by atoms with Crippen LogP contribution in [0.3, 0.4) is 0 Å². The third-order valence-electron chi connectivity index (χ3n) is 5.97. The molecule has 25 heavy (non-hydrogen) atoms. The van der Waals surface area contributed by atoms with Gasteiger partial charge in [-0.15, -0.1) is 10.2 Å². The van der Waals surface area contributed by atoms with Gasteiger partial charge in [0.15, 0.2) is 5.65 Å². The molecule has 2 aromatic rings. The van der Waals surface area contributed by atoms with Gasteiger partial charge in [0.05, 0.1) is 0 Å². The molecule has 5 heteroatoms. The van der Waals surface area contributed by atoms with Crippen LogP contribution in [0.4, 0.5) is 0 Å². The van der Waals surface area contributed by atoms with Crippen LogP contribution in [0.15, 0.2) is 24.4 Å². The van der Waals surface area contributed by atoms with E-state index in [0.717, 1.165) is 56.2 Å². The van der Waals surface area contributed by atoms with Gasteiger partial charge < -0.3 is 4.90 Å². The fourth-order valence-electron chi connectivity index (χ4n) is 4.51. The van der Waals surface area contributed by atoms with E-state index in [0.29, 0.717) is 11.8 Å². The first-order valence-corrected chi connectivity index (χ1v) is 9.88. The lowest BCUT2D eigenvalue weighted by Gasteiger charge is -2.32. The van der Waals surface area contributed by atoms with E-state index < -0.39 is 0 Å². The maximum atomic E-state index is 12.7. The summed E-state index contributed by atoms with van der Waals surface area (Å²) in [4.78, 5) is 14.8. The highest BCUT2D eigenvalue weighted by molar-refractivity contribution is 5.76. The lowest BCUT2D eigenvalue weighted by atomic mass is 9.86. The van der Waals surface area contributed by atoms with E-state index in [-0.39, 0.29) is 0 Å². The van der Waals surface area contributed by atoms with Crippen molar-refractivity contribution in [2.45, 2.75) is 63.7 Å². The Labute approximate surface area is 149 Å². The van der Waals surface area contributed by atoms with Gasteiger partial charge in [-0.1, -0.05) is 38.2 Å². The number of carbonyl (C=O) groups is 1. The van der Waals surface area contributed by atoms with Gasteiger partial charge >= 0.3 is 0 Å². The number of amides is 1. The molecule has 2 aliphatic rings. The summed E-state index contributed by atoms with van der Waals surface area (Å²) in [5.74, 6) is 2.41. The Morgan fingerprint density at radius 3 is 2.84 bits per heavy atom. The molecule has 1 saturated carbocycles. The third kappa shape index (κ3) is 3.70.